The molecular formula is C23H30N6O4. The second-order valence-corrected chi connectivity index (χ2v) is 8.52. The Morgan fingerprint density at radius 2 is 1.70 bits per heavy atom. The zero-order valence-electron chi connectivity index (χ0n) is 19.7. The molecule has 0 amide bonds. The summed E-state index contributed by atoms with van der Waals surface area (Å²) >= 11 is 0. The summed E-state index contributed by atoms with van der Waals surface area (Å²) in [4.78, 5) is 46.9. The molecule has 1 aromatic carbocycles. The van der Waals surface area contributed by atoms with E-state index in [4.69, 9.17) is 4.74 Å². The zero-order chi connectivity index (χ0) is 23.9. The van der Waals surface area contributed by atoms with Gasteiger partial charge < -0.3 is 14.2 Å². The van der Waals surface area contributed by atoms with Crippen LogP contribution >= 0.6 is 0 Å². The van der Waals surface area contributed by atoms with E-state index in [1.54, 1.807) is 25.6 Å². The maximum absolute atomic E-state index is 12.9. The van der Waals surface area contributed by atoms with Crippen molar-refractivity contribution in [3.63, 3.8) is 0 Å². The number of carbonyl (C=O) groups excluding carboxylic acids is 1. The molecule has 1 aliphatic rings. The fourth-order valence-electron chi connectivity index (χ4n) is 4.33. The van der Waals surface area contributed by atoms with E-state index in [-0.39, 0.29) is 11.3 Å². The number of hydrogen-bond donors (Lipinski definition) is 0. The van der Waals surface area contributed by atoms with Crippen molar-refractivity contribution in [2.75, 3.05) is 38.2 Å². The minimum absolute atomic E-state index is 0.0734. The average Bonchev–Trinajstić information content (AvgIpc) is 3.20. The third-order valence-electron chi connectivity index (χ3n) is 6.52. The first kappa shape index (κ1) is 22.8. The molecule has 0 spiro atoms. The van der Waals surface area contributed by atoms with Crippen molar-refractivity contribution in [3.8, 4) is 5.75 Å². The molecule has 4 rings (SSSR count). The molecule has 0 radical (unpaired) electrons. The molecule has 1 atom stereocenters. The Bertz CT molecular complexity index is 1300. The molecule has 176 valence electrons. The van der Waals surface area contributed by atoms with Gasteiger partial charge in [-0.2, -0.15) is 0 Å². The summed E-state index contributed by atoms with van der Waals surface area (Å²) < 4.78 is 9.37. The van der Waals surface area contributed by atoms with Crippen molar-refractivity contribution in [2.45, 2.75) is 26.4 Å². The van der Waals surface area contributed by atoms with Gasteiger partial charge in [-0.25, -0.2) is 9.78 Å². The van der Waals surface area contributed by atoms with Crippen molar-refractivity contribution in [3.05, 3.63) is 50.9 Å². The number of aromatic nitrogens is 4. The Kier molecular flexibility index (Phi) is 6.11. The van der Waals surface area contributed by atoms with E-state index in [9.17, 15) is 14.4 Å². The molecule has 3 aromatic rings. The lowest BCUT2D eigenvalue weighted by Crippen LogP contribution is -2.46. The van der Waals surface area contributed by atoms with Crippen LogP contribution in [0.5, 0.6) is 5.75 Å². The summed E-state index contributed by atoms with van der Waals surface area (Å²) in [5, 5.41) is 0. The Balaban J connectivity index is 1.62. The molecular weight excluding hydrogens is 424 g/mol. The lowest BCUT2D eigenvalue weighted by molar-refractivity contribution is -0.119. The highest BCUT2D eigenvalue weighted by atomic mass is 16.5. The number of benzene rings is 1. The standard InChI is InChI=1S/C23H30N6O4/c1-15(16(2)30)29-19(24-21-20(29)22(31)26(4)23(32)25(21)3)14-27-10-12-28(13-11-27)17-6-8-18(33-5)9-7-17/h6-9,15H,10-14H2,1-5H3/t15-/m1/s1. The number of rotatable bonds is 6. The first-order chi connectivity index (χ1) is 15.7. The number of ether oxygens (including phenoxy) is 1. The highest BCUT2D eigenvalue weighted by Crippen LogP contribution is 2.23. The van der Waals surface area contributed by atoms with Crippen LogP contribution in [0.4, 0.5) is 5.69 Å². The molecule has 0 aliphatic carbocycles. The van der Waals surface area contributed by atoms with Crippen LogP contribution in [-0.2, 0) is 25.4 Å². The number of hydrogen-bond acceptors (Lipinski definition) is 7. The lowest BCUT2D eigenvalue weighted by atomic mass is 10.2. The highest BCUT2D eigenvalue weighted by molar-refractivity contribution is 5.82. The molecule has 1 fully saturated rings. The van der Waals surface area contributed by atoms with Gasteiger partial charge in [0.15, 0.2) is 16.9 Å². The molecule has 0 N–H and O–H groups in total. The van der Waals surface area contributed by atoms with Gasteiger partial charge in [0.25, 0.3) is 5.56 Å². The van der Waals surface area contributed by atoms with Gasteiger partial charge >= 0.3 is 5.69 Å². The van der Waals surface area contributed by atoms with Crippen LogP contribution < -0.4 is 20.9 Å². The SMILES string of the molecule is COc1ccc(N2CCN(Cc3nc4c(c(=O)n(C)c(=O)n4C)n3[C@H](C)C(C)=O)CC2)cc1. The first-order valence-electron chi connectivity index (χ1n) is 11.0. The van der Waals surface area contributed by atoms with Crippen LogP contribution in [0, 0.1) is 0 Å². The van der Waals surface area contributed by atoms with Crippen molar-refractivity contribution >= 4 is 22.6 Å². The van der Waals surface area contributed by atoms with Crippen LogP contribution in [0.3, 0.4) is 0 Å². The minimum Gasteiger partial charge on any atom is -0.497 e. The normalized spacial score (nSPS) is 15.7. The van der Waals surface area contributed by atoms with Gasteiger partial charge in [0.05, 0.1) is 19.7 Å². The molecule has 0 bridgehead atoms. The molecule has 33 heavy (non-hydrogen) atoms. The number of anilines is 1. The molecule has 0 saturated carbocycles. The van der Waals surface area contributed by atoms with E-state index in [0.29, 0.717) is 18.0 Å². The van der Waals surface area contributed by atoms with E-state index in [1.165, 1.54) is 18.5 Å². The summed E-state index contributed by atoms with van der Waals surface area (Å²) in [5.41, 5.74) is 0.861. The molecule has 10 heteroatoms. The van der Waals surface area contributed by atoms with Crippen LogP contribution in [0.1, 0.15) is 25.7 Å². The molecule has 3 heterocycles. The van der Waals surface area contributed by atoms with Gasteiger partial charge in [0.2, 0.25) is 0 Å². The largest absolute Gasteiger partial charge is 0.497 e. The van der Waals surface area contributed by atoms with Crippen LogP contribution in [0.2, 0.25) is 0 Å². The summed E-state index contributed by atoms with van der Waals surface area (Å²) in [5.74, 6) is 1.37. The summed E-state index contributed by atoms with van der Waals surface area (Å²) in [6.07, 6.45) is 0. The highest BCUT2D eigenvalue weighted by Gasteiger charge is 2.26. The van der Waals surface area contributed by atoms with E-state index in [2.05, 4.69) is 26.9 Å². The van der Waals surface area contributed by atoms with Crippen LogP contribution in [0.25, 0.3) is 11.2 Å². The third-order valence-corrected chi connectivity index (χ3v) is 6.52. The van der Waals surface area contributed by atoms with Crippen LogP contribution in [0.15, 0.2) is 33.9 Å². The average molecular weight is 455 g/mol. The summed E-state index contributed by atoms with van der Waals surface area (Å²) in [7, 11) is 4.69. The summed E-state index contributed by atoms with van der Waals surface area (Å²) in [6, 6.07) is 7.46. The maximum atomic E-state index is 12.9. The lowest BCUT2D eigenvalue weighted by Gasteiger charge is -2.36. The number of imidazole rings is 1. The van der Waals surface area contributed by atoms with Gasteiger partial charge in [-0.3, -0.25) is 23.6 Å². The molecule has 1 saturated heterocycles. The van der Waals surface area contributed by atoms with Crippen molar-refractivity contribution in [2.24, 2.45) is 14.1 Å². The molecule has 1 aliphatic heterocycles. The number of aryl methyl sites for hydroxylation is 1. The van der Waals surface area contributed by atoms with Gasteiger partial charge in [0, 0.05) is 46.0 Å². The number of Topliss-reactive ketones (excluding diaryl/α,β-unsaturated/α-hetero) is 1. The van der Waals surface area contributed by atoms with Crippen molar-refractivity contribution < 1.29 is 9.53 Å². The monoisotopic (exact) mass is 454 g/mol. The van der Waals surface area contributed by atoms with E-state index in [1.807, 2.05) is 12.1 Å². The topological polar surface area (TPSA) is 94.6 Å². The number of piperazine rings is 1. The van der Waals surface area contributed by atoms with E-state index in [0.717, 1.165) is 42.2 Å². The number of methoxy groups -OCH3 is 1. The molecule has 2 aromatic heterocycles. The smallest absolute Gasteiger partial charge is 0.332 e. The predicted octanol–water partition coefficient (Wildman–Crippen LogP) is 0.915. The molecule has 10 nitrogen and oxygen atoms in total. The van der Waals surface area contributed by atoms with Crippen LogP contribution in [-0.4, -0.2) is 62.7 Å². The van der Waals surface area contributed by atoms with Gasteiger partial charge in [-0.1, -0.05) is 0 Å². The van der Waals surface area contributed by atoms with Crippen molar-refractivity contribution in [1.29, 1.82) is 0 Å². The maximum Gasteiger partial charge on any atom is 0.332 e. The fourth-order valence-corrected chi connectivity index (χ4v) is 4.33. The zero-order valence-corrected chi connectivity index (χ0v) is 19.7. The van der Waals surface area contributed by atoms with Gasteiger partial charge in [-0.15, -0.1) is 0 Å². The number of ketones is 1. The predicted molar refractivity (Wildman–Crippen MR) is 126 cm³/mol. The minimum atomic E-state index is -0.559. The summed E-state index contributed by atoms with van der Waals surface area (Å²) in [6.45, 7) is 7.05. The quantitative estimate of drug-likeness (QED) is 0.547. The Hall–Kier alpha value is -3.40. The van der Waals surface area contributed by atoms with E-state index < -0.39 is 17.3 Å². The third kappa shape index (κ3) is 4.06. The number of fused-ring (bicyclic) bond motifs is 1. The second kappa shape index (κ2) is 8.86. The number of nitrogens with zero attached hydrogens (tertiary/aromatic N) is 6. The van der Waals surface area contributed by atoms with Gasteiger partial charge in [-0.05, 0) is 38.1 Å². The number of carbonyl (C=O) groups is 1. The fraction of sp³-hybridized carbons (Fsp3) is 0.478. The molecule has 0 unspecified atom stereocenters. The Morgan fingerprint density at radius 1 is 1.06 bits per heavy atom. The van der Waals surface area contributed by atoms with Gasteiger partial charge in [0.1, 0.15) is 11.6 Å². The Labute approximate surface area is 191 Å². The van der Waals surface area contributed by atoms with E-state index >= 15 is 0 Å². The first-order valence-corrected chi connectivity index (χ1v) is 11.0. The Morgan fingerprint density at radius 3 is 2.27 bits per heavy atom. The van der Waals surface area contributed by atoms with Crippen molar-refractivity contribution in [1.82, 2.24) is 23.6 Å². The second-order valence-electron chi connectivity index (χ2n) is 8.52.